The minimum atomic E-state index is -0.818. The molecule has 2 amide bonds. The molecule has 6 nitrogen and oxygen atoms in total. The van der Waals surface area contributed by atoms with Crippen molar-refractivity contribution < 1.29 is 19.5 Å². The first-order valence-electron chi connectivity index (χ1n) is 6.31. The summed E-state index contributed by atoms with van der Waals surface area (Å²) in [6.45, 7) is 3.50. The molecular formula is C12H20N2O4. The van der Waals surface area contributed by atoms with E-state index in [4.69, 9.17) is 5.11 Å². The molecule has 1 saturated heterocycles. The fourth-order valence-corrected chi connectivity index (χ4v) is 2.01. The molecular weight excluding hydrogens is 236 g/mol. The maximum atomic E-state index is 11.7. The van der Waals surface area contributed by atoms with Gasteiger partial charge in [-0.1, -0.05) is 0 Å². The maximum absolute atomic E-state index is 11.7. The molecule has 102 valence electrons. The van der Waals surface area contributed by atoms with Gasteiger partial charge >= 0.3 is 5.97 Å². The van der Waals surface area contributed by atoms with Gasteiger partial charge in [0.1, 0.15) is 0 Å². The minimum absolute atomic E-state index is 0.0310. The number of nitrogens with zero attached hydrogens (tertiary/aromatic N) is 1. The fraction of sp³-hybridized carbons (Fsp3) is 0.750. The highest BCUT2D eigenvalue weighted by molar-refractivity contribution is 5.89. The molecule has 1 aliphatic rings. The number of carboxylic acids is 1. The van der Waals surface area contributed by atoms with Gasteiger partial charge in [-0.05, 0) is 19.8 Å². The Hall–Kier alpha value is -1.59. The van der Waals surface area contributed by atoms with E-state index in [9.17, 15) is 14.4 Å². The summed E-state index contributed by atoms with van der Waals surface area (Å²) in [4.78, 5) is 35.2. The van der Waals surface area contributed by atoms with Crippen LogP contribution in [0.4, 0.5) is 0 Å². The second kappa shape index (κ2) is 6.98. The third-order valence-electron chi connectivity index (χ3n) is 3.08. The molecule has 1 atom stereocenters. The van der Waals surface area contributed by atoms with E-state index >= 15 is 0 Å². The molecule has 0 radical (unpaired) electrons. The summed E-state index contributed by atoms with van der Waals surface area (Å²) in [6.07, 6.45) is 1.62. The highest BCUT2D eigenvalue weighted by Crippen LogP contribution is 2.17. The molecule has 0 spiro atoms. The van der Waals surface area contributed by atoms with Crippen LogP contribution in [0.3, 0.4) is 0 Å². The highest BCUT2D eigenvalue weighted by Gasteiger charge is 2.32. The molecule has 0 bridgehead atoms. The Morgan fingerprint density at radius 2 is 2.17 bits per heavy atom. The molecule has 0 saturated carbocycles. The number of hydrogen-bond acceptors (Lipinski definition) is 3. The second-order valence-corrected chi connectivity index (χ2v) is 4.48. The van der Waals surface area contributed by atoms with E-state index in [1.165, 1.54) is 0 Å². The first kappa shape index (κ1) is 14.5. The Balaban J connectivity index is 2.18. The molecule has 1 heterocycles. The zero-order valence-corrected chi connectivity index (χ0v) is 10.6. The number of carbonyl (C=O) groups is 3. The molecule has 1 fully saturated rings. The number of hydrogen-bond donors (Lipinski definition) is 2. The van der Waals surface area contributed by atoms with Crippen molar-refractivity contribution in [2.24, 2.45) is 5.92 Å². The van der Waals surface area contributed by atoms with Gasteiger partial charge in [-0.25, -0.2) is 0 Å². The monoisotopic (exact) mass is 256 g/mol. The zero-order valence-electron chi connectivity index (χ0n) is 10.6. The second-order valence-electron chi connectivity index (χ2n) is 4.48. The normalized spacial score (nSPS) is 19.1. The average Bonchev–Trinajstić information content (AvgIpc) is 2.69. The maximum Gasteiger partial charge on any atom is 0.303 e. The van der Waals surface area contributed by atoms with E-state index < -0.39 is 5.97 Å². The van der Waals surface area contributed by atoms with Crippen molar-refractivity contribution in [3.8, 4) is 0 Å². The number of likely N-dealkylation sites (tertiary alicyclic amines) is 1. The van der Waals surface area contributed by atoms with Crippen LogP contribution in [0.5, 0.6) is 0 Å². The van der Waals surface area contributed by atoms with Crippen molar-refractivity contribution in [1.29, 1.82) is 0 Å². The van der Waals surface area contributed by atoms with E-state index in [1.807, 2.05) is 6.92 Å². The summed E-state index contributed by atoms with van der Waals surface area (Å²) in [5.74, 6) is -1.14. The van der Waals surface area contributed by atoms with Gasteiger partial charge in [-0.15, -0.1) is 0 Å². The SMILES string of the molecule is CCN1CC(C(=O)NCCCCC(=O)O)CC1=O. The van der Waals surface area contributed by atoms with Crippen molar-refractivity contribution in [2.75, 3.05) is 19.6 Å². The van der Waals surface area contributed by atoms with Crippen molar-refractivity contribution >= 4 is 17.8 Å². The Bertz CT molecular complexity index is 330. The number of amides is 2. The van der Waals surface area contributed by atoms with Crippen LogP contribution in [-0.2, 0) is 14.4 Å². The number of carbonyl (C=O) groups excluding carboxylic acids is 2. The zero-order chi connectivity index (χ0) is 13.5. The summed E-state index contributed by atoms with van der Waals surface area (Å²) in [6, 6.07) is 0. The lowest BCUT2D eigenvalue weighted by molar-refractivity contribution is -0.137. The Morgan fingerprint density at radius 1 is 1.44 bits per heavy atom. The van der Waals surface area contributed by atoms with E-state index in [2.05, 4.69) is 5.32 Å². The largest absolute Gasteiger partial charge is 0.481 e. The van der Waals surface area contributed by atoms with Gasteiger partial charge in [0.2, 0.25) is 11.8 Å². The van der Waals surface area contributed by atoms with Crippen molar-refractivity contribution in [3.05, 3.63) is 0 Å². The van der Waals surface area contributed by atoms with Gasteiger partial charge in [-0.2, -0.15) is 0 Å². The van der Waals surface area contributed by atoms with Gasteiger partial charge in [0.05, 0.1) is 5.92 Å². The predicted molar refractivity (Wildman–Crippen MR) is 64.9 cm³/mol. The van der Waals surface area contributed by atoms with E-state index in [0.29, 0.717) is 32.5 Å². The number of aliphatic carboxylic acids is 1. The van der Waals surface area contributed by atoms with Crippen LogP contribution in [0.2, 0.25) is 0 Å². The number of unbranched alkanes of at least 4 members (excludes halogenated alkanes) is 1. The van der Waals surface area contributed by atoms with Gasteiger partial charge < -0.3 is 15.3 Å². The topological polar surface area (TPSA) is 86.7 Å². The lowest BCUT2D eigenvalue weighted by atomic mass is 10.1. The van der Waals surface area contributed by atoms with Crippen LogP contribution in [0, 0.1) is 5.92 Å². The minimum Gasteiger partial charge on any atom is -0.481 e. The van der Waals surface area contributed by atoms with E-state index in [1.54, 1.807) is 4.90 Å². The molecule has 0 aliphatic carbocycles. The Morgan fingerprint density at radius 3 is 2.72 bits per heavy atom. The summed E-state index contributed by atoms with van der Waals surface area (Å²) in [5.41, 5.74) is 0. The van der Waals surface area contributed by atoms with E-state index in [0.717, 1.165) is 0 Å². The van der Waals surface area contributed by atoms with Gasteiger partial charge in [-0.3, -0.25) is 14.4 Å². The number of carboxylic acid groups (broad SMARTS) is 1. The first-order chi connectivity index (χ1) is 8.54. The smallest absolute Gasteiger partial charge is 0.303 e. The van der Waals surface area contributed by atoms with Crippen LogP contribution in [0.25, 0.3) is 0 Å². The third-order valence-corrected chi connectivity index (χ3v) is 3.08. The molecule has 0 aromatic carbocycles. The molecule has 0 aromatic rings. The quantitative estimate of drug-likeness (QED) is 0.638. The predicted octanol–water partition coefficient (Wildman–Crippen LogP) is 0.226. The number of rotatable bonds is 7. The van der Waals surface area contributed by atoms with Crippen LogP contribution >= 0.6 is 0 Å². The van der Waals surface area contributed by atoms with Crippen LogP contribution < -0.4 is 5.32 Å². The first-order valence-corrected chi connectivity index (χ1v) is 6.31. The summed E-state index contributed by atoms with van der Waals surface area (Å²) < 4.78 is 0. The van der Waals surface area contributed by atoms with Gasteiger partial charge in [0.25, 0.3) is 0 Å². The lowest BCUT2D eigenvalue weighted by Crippen LogP contribution is -2.33. The van der Waals surface area contributed by atoms with E-state index in [-0.39, 0.29) is 30.6 Å². The Labute approximate surface area is 106 Å². The van der Waals surface area contributed by atoms with Crippen LogP contribution in [-0.4, -0.2) is 47.4 Å². The third kappa shape index (κ3) is 4.35. The van der Waals surface area contributed by atoms with Crippen molar-refractivity contribution in [3.63, 3.8) is 0 Å². The number of nitrogens with one attached hydrogen (secondary N) is 1. The fourth-order valence-electron chi connectivity index (χ4n) is 2.01. The van der Waals surface area contributed by atoms with Gasteiger partial charge in [0, 0.05) is 32.5 Å². The molecule has 1 unspecified atom stereocenters. The van der Waals surface area contributed by atoms with Crippen molar-refractivity contribution in [1.82, 2.24) is 10.2 Å². The lowest BCUT2D eigenvalue weighted by Gasteiger charge is -2.13. The van der Waals surface area contributed by atoms with Crippen LogP contribution in [0.1, 0.15) is 32.6 Å². The molecule has 1 rings (SSSR count). The highest BCUT2D eigenvalue weighted by atomic mass is 16.4. The standard InChI is InChI=1S/C12H20N2O4/c1-2-14-8-9(7-10(14)15)12(18)13-6-4-3-5-11(16)17/h9H,2-8H2,1H3,(H,13,18)(H,16,17). The summed E-state index contributed by atoms with van der Waals surface area (Å²) in [5, 5.41) is 11.2. The molecule has 18 heavy (non-hydrogen) atoms. The van der Waals surface area contributed by atoms with Gasteiger partial charge in [0.15, 0.2) is 0 Å². The van der Waals surface area contributed by atoms with Crippen molar-refractivity contribution in [2.45, 2.75) is 32.6 Å². The molecule has 6 heteroatoms. The summed E-state index contributed by atoms with van der Waals surface area (Å²) in [7, 11) is 0. The Kier molecular flexibility index (Phi) is 5.61. The molecule has 1 aliphatic heterocycles. The molecule has 2 N–H and O–H groups in total. The molecule has 0 aromatic heterocycles. The average molecular weight is 256 g/mol. The van der Waals surface area contributed by atoms with Crippen LogP contribution in [0.15, 0.2) is 0 Å². The summed E-state index contributed by atoms with van der Waals surface area (Å²) >= 11 is 0.